The summed E-state index contributed by atoms with van der Waals surface area (Å²) in [4.78, 5) is 46.7. The highest BCUT2D eigenvalue weighted by Crippen LogP contribution is 2.37. The predicted molar refractivity (Wildman–Crippen MR) is 156 cm³/mol. The minimum absolute atomic E-state index is 0.00478. The Hall–Kier alpha value is -3.60. The van der Waals surface area contributed by atoms with Crippen molar-refractivity contribution in [2.75, 3.05) is 37.2 Å². The molecule has 1 aliphatic heterocycles. The van der Waals surface area contributed by atoms with Gasteiger partial charge in [-0.25, -0.2) is 9.89 Å². The number of amides is 3. The molecule has 8 nitrogen and oxygen atoms in total. The number of halogens is 1. The van der Waals surface area contributed by atoms with Crippen LogP contribution in [0.25, 0.3) is 6.08 Å². The highest BCUT2D eigenvalue weighted by molar-refractivity contribution is 8.14. The summed E-state index contributed by atoms with van der Waals surface area (Å²) in [5.74, 6) is -0.319. The van der Waals surface area contributed by atoms with Crippen LogP contribution in [0.2, 0.25) is 5.02 Å². The first kappa shape index (κ1) is 27.4. The number of rotatable bonds is 7. The van der Waals surface area contributed by atoms with Crippen molar-refractivity contribution >= 4 is 75.0 Å². The molecular formula is C27H25ClN4O4S2. The highest BCUT2D eigenvalue weighted by atomic mass is 35.5. The van der Waals surface area contributed by atoms with E-state index in [4.69, 9.17) is 16.3 Å². The summed E-state index contributed by atoms with van der Waals surface area (Å²) < 4.78 is 5.47. The number of nitrogens with zero attached hydrogens (tertiary/aromatic N) is 3. The molecule has 3 aromatic rings. The zero-order chi connectivity index (χ0) is 27.4. The monoisotopic (exact) mass is 568 g/mol. The van der Waals surface area contributed by atoms with Gasteiger partial charge in [0.05, 0.1) is 18.6 Å². The van der Waals surface area contributed by atoms with Gasteiger partial charge >= 0.3 is 0 Å². The number of hydrogen-bond acceptors (Lipinski definition) is 7. The Morgan fingerprint density at radius 2 is 1.92 bits per heavy atom. The van der Waals surface area contributed by atoms with Crippen molar-refractivity contribution in [3.05, 3.63) is 80.6 Å². The third-order valence-electron chi connectivity index (χ3n) is 5.54. The lowest BCUT2D eigenvalue weighted by molar-refractivity contribution is -0.114. The highest BCUT2D eigenvalue weighted by Gasteiger charge is 2.34. The summed E-state index contributed by atoms with van der Waals surface area (Å²) in [6.45, 7) is 1.97. The molecule has 2 aromatic carbocycles. The molecule has 0 atom stereocenters. The molecule has 1 N–H and O–H groups in total. The predicted octanol–water partition coefficient (Wildman–Crippen LogP) is 5.54. The Balaban J connectivity index is 1.56. The normalized spacial score (nSPS) is 14.0. The van der Waals surface area contributed by atoms with Gasteiger partial charge in [-0.1, -0.05) is 23.4 Å². The van der Waals surface area contributed by atoms with Gasteiger partial charge < -0.3 is 15.0 Å². The quantitative estimate of drug-likeness (QED) is 0.378. The van der Waals surface area contributed by atoms with Crippen molar-refractivity contribution in [2.24, 2.45) is 4.99 Å². The number of aliphatic imine (C=N–C) groups is 1. The van der Waals surface area contributed by atoms with Crippen molar-refractivity contribution in [3.63, 3.8) is 0 Å². The second kappa shape index (κ2) is 11.8. The van der Waals surface area contributed by atoms with Gasteiger partial charge in [-0.15, -0.1) is 11.3 Å². The van der Waals surface area contributed by atoms with E-state index in [0.717, 1.165) is 22.2 Å². The molecule has 0 bridgehead atoms. The lowest BCUT2D eigenvalue weighted by atomic mass is 10.2. The van der Waals surface area contributed by atoms with E-state index in [1.807, 2.05) is 18.4 Å². The second-order valence-corrected chi connectivity index (χ2v) is 10.8. The fourth-order valence-corrected chi connectivity index (χ4v) is 5.41. The maximum Gasteiger partial charge on any atom is 0.283 e. The zero-order valence-electron chi connectivity index (χ0n) is 21.1. The van der Waals surface area contributed by atoms with E-state index in [-0.39, 0.29) is 29.2 Å². The Morgan fingerprint density at radius 3 is 2.55 bits per heavy atom. The number of methoxy groups -OCH3 is 1. The lowest BCUT2D eigenvalue weighted by Gasteiger charge is -2.20. The Bertz CT molecular complexity index is 1450. The van der Waals surface area contributed by atoms with Crippen LogP contribution in [-0.2, 0) is 9.59 Å². The van der Waals surface area contributed by atoms with Crippen molar-refractivity contribution in [1.82, 2.24) is 4.90 Å². The van der Waals surface area contributed by atoms with E-state index in [2.05, 4.69) is 10.3 Å². The number of ether oxygens (including phenoxy) is 1. The van der Waals surface area contributed by atoms with Crippen LogP contribution in [0.15, 0.2) is 64.6 Å². The van der Waals surface area contributed by atoms with Gasteiger partial charge in [0.15, 0.2) is 5.17 Å². The van der Waals surface area contributed by atoms with Crippen LogP contribution in [0.1, 0.15) is 20.8 Å². The maximum atomic E-state index is 13.5. The van der Waals surface area contributed by atoms with Gasteiger partial charge in [0.2, 0.25) is 5.91 Å². The van der Waals surface area contributed by atoms with Crippen LogP contribution in [0.5, 0.6) is 5.75 Å². The molecule has 0 unspecified atom stereocenters. The van der Waals surface area contributed by atoms with Crippen LogP contribution in [0.3, 0.4) is 0 Å². The van der Waals surface area contributed by atoms with Crippen molar-refractivity contribution in [2.45, 2.75) is 6.92 Å². The fourth-order valence-electron chi connectivity index (χ4n) is 3.58. The van der Waals surface area contributed by atoms with Gasteiger partial charge in [0, 0.05) is 35.2 Å². The largest absolute Gasteiger partial charge is 0.495 e. The maximum absolute atomic E-state index is 13.5. The number of thiophene rings is 1. The minimum atomic E-state index is -0.345. The molecule has 1 aliphatic rings. The summed E-state index contributed by atoms with van der Waals surface area (Å²) in [6.07, 6.45) is 1.75. The number of carbonyl (C=O) groups excluding carboxylic acids is 3. The van der Waals surface area contributed by atoms with Crippen molar-refractivity contribution in [1.29, 1.82) is 0 Å². The van der Waals surface area contributed by atoms with E-state index in [1.54, 1.807) is 62.6 Å². The number of hydrogen-bond donors (Lipinski definition) is 1. The molecule has 1 aromatic heterocycles. The first-order chi connectivity index (χ1) is 18.2. The molecule has 2 heterocycles. The third kappa shape index (κ3) is 6.09. The minimum Gasteiger partial charge on any atom is -0.495 e. The van der Waals surface area contributed by atoms with E-state index < -0.39 is 0 Å². The number of anilines is 2. The summed E-state index contributed by atoms with van der Waals surface area (Å²) in [7, 11) is 4.86. The molecule has 38 heavy (non-hydrogen) atoms. The summed E-state index contributed by atoms with van der Waals surface area (Å²) in [5, 5.41) is 5.52. The van der Waals surface area contributed by atoms with E-state index in [0.29, 0.717) is 32.9 Å². The summed E-state index contributed by atoms with van der Waals surface area (Å²) >= 11 is 8.88. The van der Waals surface area contributed by atoms with Gasteiger partial charge in [-0.05, 0) is 72.5 Å². The van der Waals surface area contributed by atoms with E-state index in [1.165, 1.54) is 28.2 Å². The fraction of sp³-hybridized carbons (Fsp3) is 0.185. The molecule has 4 rings (SSSR count). The van der Waals surface area contributed by atoms with Crippen molar-refractivity contribution in [3.8, 4) is 5.75 Å². The standard InChI is InChI=1S/C27H25ClN4O4S2/c1-16-11-12-37-23(16)14-20-26(35)32(21-13-18(28)7-10-22(21)36-4)27(30-20)38-15-24(33)29-19-8-5-17(6-9-19)25(34)31(2)3/h5-14H,15H2,1-4H3,(H,29,33)/b20-14+. The molecule has 0 saturated heterocycles. The smallest absolute Gasteiger partial charge is 0.283 e. The summed E-state index contributed by atoms with van der Waals surface area (Å²) in [5.41, 5.74) is 2.80. The SMILES string of the molecule is COc1ccc(Cl)cc1N1C(=O)/C(=C\c2sccc2C)N=C1SCC(=O)Nc1ccc(C(=O)N(C)C)cc1. The Kier molecular flexibility index (Phi) is 8.55. The van der Waals surface area contributed by atoms with Crippen LogP contribution < -0.4 is 15.0 Å². The van der Waals surface area contributed by atoms with E-state index >= 15 is 0 Å². The van der Waals surface area contributed by atoms with Crippen LogP contribution in [-0.4, -0.2) is 54.7 Å². The number of aryl methyl sites for hydroxylation is 1. The Morgan fingerprint density at radius 1 is 1.18 bits per heavy atom. The molecule has 0 radical (unpaired) electrons. The number of thioether (sulfide) groups is 1. The van der Waals surface area contributed by atoms with Gasteiger partial charge in [-0.2, -0.15) is 0 Å². The van der Waals surface area contributed by atoms with Gasteiger partial charge in [-0.3, -0.25) is 14.4 Å². The van der Waals surface area contributed by atoms with Crippen LogP contribution in [0, 0.1) is 6.92 Å². The number of carbonyl (C=O) groups is 3. The topological polar surface area (TPSA) is 91.3 Å². The van der Waals surface area contributed by atoms with Crippen LogP contribution in [0.4, 0.5) is 11.4 Å². The molecule has 11 heteroatoms. The molecule has 0 spiro atoms. The second-order valence-electron chi connectivity index (χ2n) is 8.46. The number of nitrogens with one attached hydrogen (secondary N) is 1. The van der Waals surface area contributed by atoms with Gasteiger partial charge in [0.1, 0.15) is 11.4 Å². The molecular weight excluding hydrogens is 544 g/mol. The molecule has 0 aliphatic carbocycles. The third-order valence-corrected chi connectivity index (χ3v) is 7.67. The molecule has 0 fully saturated rings. The first-order valence-corrected chi connectivity index (χ1v) is 13.7. The average molecular weight is 569 g/mol. The molecule has 196 valence electrons. The lowest BCUT2D eigenvalue weighted by Crippen LogP contribution is -2.31. The van der Waals surface area contributed by atoms with Crippen molar-refractivity contribution < 1.29 is 19.1 Å². The molecule has 0 saturated carbocycles. The van der Waals surface area contributed by atoms with E-state index in [9.17, 15) is 14.4 Å². The van der Waals surface area contributed by atoms with Crippen LogP contribution >= 0.6 is 34.7 Å². The number of amidine groups is 1. The Labute approximate surface area is 233 Å². The number of benzene rings is 2. The zero-order valence-corrected chi connectivity index (χ0v) is 23.5. The first-order valence-electron chi connectivity index (χ1n) is 11.4. The molecule has 3 amide bonds. The van der Waals surface area contributed by atoms with Gasteiger partial charge in [0.25, 0.3) is 11.8 Å². The summed E-state index contributed by atoms with van der Waals surface area (Å²) in [6, 6.07) is 13.6. The average Bonchev–Trinajstić information content (AvgIpc) is 3.44.